The van der Waals surface area contributed by atoms with Crippen LogP contribution >= 0.6 is 0 Å². The zero-order valence-corrected chi connectivity index (χ0v) is 17.6. The number of carbonyl (C=O) groups is 2. The number of para-hydroxylation sites is 1. The average molecular weight is 418 g/mol. The summed E-state index contributed by atoms with van der Waals surface area (Å²) in [5.41, 5.74) is 2.88. The summed E-state index contributed by atoms with van der Waals surface area (Å²) in [5.74, 6) is 0.645. The molecule has 1 aliphatic heterocycles. The molecule has 2 aromatic carbocycles. The van der Waals surface area contributed by atoms with Crippen molar-refractivity contribution in [1.82, 2.24) is 19.8 Å². The third kappa shape index (κ3) is 5.19. The average Bonchev–Trinajstić information content (AvgIpc) is 3.17. The second-order valence-electron chi connectivity index (χ2n) is 7.77. The predicted molar refractivity (Wildman–Crippen MR) is 119 cm³/mol. The van der Waals surface area contributed by atoms with Crippen molar-refractivity contribution >= 4 is 17.5 Å². The van der Waals surface area contributed by atoms with Gasteiger partial charge in [0.05, 0.1) is 19.0 Å². The van der Waals surface area contributed by atoms with Crippen LogP contribution in [0.1, 0.15) is 23.4 Å². The van der Waals surface area contributed by atoms with Gasteiger partial charge in [-0.3, -0.25) is 14.5 Å². The van der Waals surface area contributed by atoms with Crippen molar-refractivity contribution in [2.45, 2.75) is 32.5 Å². The van der Waals surface area contributed by atoms with Gasteiger partial charge >= 0.3 is 0 Å². The lowest BCUT2D eigenvalue weighted by atomic mass is 10.1. The van der Waals surface area contributed by atoms with Crippen LogP contribution in [-0.2, 0) is 22.7 Å². The van der Waals surface area contributed by atoms with Gasteiger partial charge in [-0.1, -0.05) is 48.5 Å². The first-order valence-electron chi connectivity index (χ1n) is 10.5. The highest BCUT2D eigenvalue weighted by molar-refractivity contribution is 5.96. The SMILES string of the molecule is Cc1nccn1Cc1ccccc1NC(=O)CC1C(=O)NCCN1Cc1ccccc1. The van der Waals surface area contributed by atoms with E-state index >= 15 is 0 Å². The maximum Gasteiger partial charge on any atom is 0.237 e. The van der Waals surface area contributed by atoms with Crippen molar-refractivity contribution in [2.75, 3.05) is 18.4 Å². The zero-order chi connectivity index (χ0) is 21.6. The second-order valence-corrected chi connectivity index (χ2v) is 7.77. The molecule has 0 saturated carbocycles. The van der Waals surface area contributed by atoms with E-state index < -0.39 is 6.04 Å². The number of aryl methyl sites for hydroxylation is 1. The van der Waals surface area contributed by atoms with Crippen LogP contribution in [0.4, 0.5) is 5.69 Å². The van der Waals surface area contributed by atoms with Gasteiger partial charge in [-0.05, 0) is 24.1 Å². The summed E-state index contributed by atoms with van der Waals surface area (Å²) < 4.78 is 2.03. The Balaban J connectivity index is 1.45. The Bertz CT molecular complexity index is 1050. The third-order valence-corrected chi connectivity index (χ3v) is 5.60. The number of anilines is 1. The van der Waals surface area contributed by atoms with Crippen LogP contribution in [-0.4, -0.2) is 45.4 Å². The summed E-state index contributed by atoms with van der Waals surface area (Å²) in [6, 6.07) is 17.3. The highest BCUT2D eigenvalue weighted by Gasteiger charge is 2.31. The Labute approximate surface area is 182 Å². The van der Waals surface area contributed by atoms with E-state index in [-0.39, 0.29) is 18.2 Å². The molecule has 2 amide bonds. The van der Waals surface area contributed by atoms with Crippen molar-refractivity contribution in [3.05, 3.63) is 83.9 Å². The molecule has 1 aromatic heterocycles. The minimum atomic E-state index is -0.489. The molecule has 3 aromatic rings. The van der Waals surface area contributed by atoms with Crippen LogP contribution in [0, 0.1) is 6.92 Å². The van der Waals surface area contributed by atoms with Crippen LogP contribution in [0.3, 0.4) is 0 Å². The number of benzene rings is 2. The highest BCUT2D eigenvalue weighted by Crippen LogP contribution is 2.19. The molecule has 1 unspecified atom stereocenters. The lowest BCUT2D eigenvalue weighted by molar-refractivity contribution is -0.132. The van der Waals surface area contributed by atoms with Crippen LogP contribution in [0.25, 0.3) is 0 Å². The van der Waals surface area contributed by atoms with Gasteiger partial charge < -0.3 is 15.2 Å². The summed E-state index contributed by atoms with van der Waals surface area (Å²) in [6.07, 6.45) is 3.79. The van der Waals surface area contributed by atoms with Crippen LogP contribution in [0.2, 0.25) is 0 Å². The standard InChI is InChI=1S/C24H27N5O2/c1-18-25-11-13-28(18)17-20-9-5-6-10-21(20)27-23(30)15-22-24(31)26-12-14-29(22)16-19-7-3-2-4-8-19/h2-11,13,22H,12,14-17H2,1H3,(H,26,31)(H,27,30). The molecule has 2 N–H and O–H groups in total. The molecule has 160 valence electrons. The van der Waals surface area contributed by atoms with E-state index in [1.807, 2.05) is 72.3 Å². The number of carbonyl (C=O) groups excluding carboxylic acids is 2. The van der Waals surface area contributed by atoms with E-state index in [1.54, 1.807) is 6.20 Å². The Hall–Kier alpha value is -3.45. The first kappa shape index (κ1) is 20.8. The summed E-state index contributed by atoms with van der Waals surface area (Å²) in [7, 11) is 0. The predicted octanol–water partition coefficient (Wildman–Crippen LogP) is 2.57. The smallest absolute Gasteiger partial charge is 0.237 e. The van der Waals surface area contributed by atoms with Gasteiger partial charge in [-0.15, -0.1) is 0 Å². The molecule has 0 bridgehead atoms. The minimum Gasteiger partial charge on any atom is -0.353 e. The Morgan fingerprint density at radius 2 is 1.90 bits per heavy atom. The molecule has 1 aliphatic rings. The van der Waals surface area contributed by atoms with Gasteiger partial charge in [0.15, 0.2) is 0 Å². The minimum absolute atomic E-state index is 0.0975. The first-order chi connectivity index (χ1) is 15.1. The summed E-state index contributed by atoms with van der Waals surface area (Å²) in [6.45, 7) is 4.52. The topological polar surface area (TPSA) is 79.3 Å². The number of rotatable bonds is 7. The fourth-order valence-electron chi connectivity index (χ4n) is 3.90. The quantitative estimate of drug-likeness (QED) is 0.619. The molecular formula is C24H27N5O2. The second kappa shape index (κ2) is 9.57. The van der Waals surface area contributed by atoms with Crippen LogP contribution in [0.5, 0.6) is 0 Å². The van der Waals surface area contributed by atoms with Crippen LogP contribution < -0.4 is 10.6 Å². The number of nitrogens with zero attached hydrogens (tertiary/aromatic N) is 3. The fourth-order valence-corrected chi connectivity index (χ4v) is 3.90. The molecule has 1 fully saturated rings. The van der Waals surface area contributed by atoms with E-state index in [2.05, 4.69) is 20.5 Å². The number of hydrogen-bond acceptors (Lipinski definition) is 4. The number of imidazole rings is 1. The molecule has 1 atom stereocenters. The normalized spacial score (nSPS) is 16.7. The molecule has 1 saturated heterocycles. The molecule has 0 aliphatic carbocycles. The maximum absolute atomic E-state index is 12.9. The van der Waals surface area contributed by atoms with Crippen molar-refractivity contribution in [2.24, 2.45) is 0 Å². The Kier molecular flexibility index (Phi) is 6.43. The van der Waals surface area contributed by atoms with E-state index in [1.165, 1.54) is 0 Å². The number of nitrogens with one attached hydrogen (secondary N) is 2. The lowest BCUT2D eigenvalue weighted by Gasteiger charge is -2.34. The largest absolute Gasteiger partial charge is 0.353 e. The fraction of sp³-hybridized carbons (Fsp3) is 0.292. The molecule has 31 heavy (non-hydrogen) atoms. The number of piperazine rings is 1. The molecule has 0 radical (unpaired) electrons. The monoisotopic (exact) mass is 417 g/mol. The number of amides is 2. The van der Waals surface area contributed by atoms with Crippen molar-refractivity contribution in [3.63, 3.8) is 0 Å². The summed E-state index contributed by atoms with van der Waals surface area (Å²) in [5, 5.41) is 5.91. The van der Waals surface area contributed by atoms with Crippen molar-refractivity contribution in [1.29, 1.82) is 0 Å². The molecular weight excluding hydrogens is 390 g/mol. The molecule has 7 heteroatoms. The third-order valence-electron chi connectivity index (χ3n) is 5.60. The van der Waals surface area contributed by atoms with Crippen molar-refractivity contribution < 1.29 is 9.59 Å². The summed E-state index contributed by atoms with van der Waals surface area (Å²) in [4.78, 5) is 31.8. The van der Waals surface area contributed by atoms with Crippen LogP contribution in [0.15, 0.2) is 67.0 Å². The van der Waals surface area contributed by atoms with Gasteiger partial charge in [0.2, 0.25) is 11.8 Å². The first-order valence-corrected chi connectivity index (χ1v) is 10.5. The maximum atomic E-state index is 12.9. The highest BCUT2D eigenvalue weighted by atomic mass is 16.2. The van der Waals surface area contributed by atoms with Gasteiger partial charge in [-0.2, -0.15) is 0 Å². The van der Waals surface area contributed by atoms with E-state index in [0.717, 1.165) is 29.2 Å². The van der Waals surface area contributed by atoms with Gasteiger partial charge in [0.25, 0.3) is 0 Å². The Morgan fingerprint density at radius 1 is 1.13 bits per heavy atom. The van der Waals surface area contributed by atoms with Gasteiger partial charge in [0, 0.05) is 37.7 Å². The Morgan fingerprint density at radius 3 is 2.68 bits per heavy atom. The molecule has 2 heterocycles. The number of hydrogen-bond donors (Lipinski definition) is 2. The zero-order valence-electron chi connectivity index (χ0n) is 17.6. The lowest BCUT2D eigenvalue weighted by Crippen LogP contribution is -2.55. The van der Waals surface area contributed by atoms with Gasteiger partial charge in [0.1, 0.15) is 5.82 Å². The molecule has 4 rings (SSSR count). The molecule has 7 nitrogen and oxygen atoms in total. The van der Waals surface area contributed by atoms with E-state index in [0.29, 0.717) is 19.6 Å². The van der Waals surface area contributed by atoms with E-state index in [4.69, 9.17) is 0 Å². The summed E-state index contributed by atoms with van der Waals surface area (Å²) >= 11 is 0. The van der Waals surface area contributed by atoms with Gasteiger partial charge in [-0.25, -0.2) is 4.98 Å². The van der Waals surface area contributed by atoms with Crippen molar-refractivity contribution in [3.8, 4) is 0 Å². The molecule has 0 spiro atoms. The number of aromatic nitrogens is 2. The van der Waals surface area contributed by atoms with E-state index in [9.17, 15) is 9.59 Å².